The van der Waals surface area contributed by atoms with Crippen LogP contribution in [0.15, 0.2) is 9.41 Å². The van der Waals surface area contributed by atoms with E-state index in [1.807, 2.05) is 25.6 Å². The molecule has 2 fully saturated rings. The number of rotatable bonds is 7. The summed E-state index contributed by atoms with van der Waals surface area (Å²) in [6.45, 7) is 11.0. The molecule has 0 amide bonds. The molecule has 1 aliphatic heterocycles. The molecular formula is C21H37N5OS. The van der Waals surface area contributed by atoms with Crippen molar-refractivity contribution in [3.05, 3.63) is 17.3 Å². The lowest BCUT2D eigenvalue weighted by Gasteiger charge is -2.30. The van der Waals surface area contributed by atoms with E-state index in [2.05, 4.69) is 33.7 Å². The maximum absolute atomic E-state index is 5.74. The van der Waals surface area contributed by atoms with Crippen LogP contribution in [-0.4, -0.2) is 59.6 Å². The first-order valence-corrected chi connectivity index (χ1v) is 12.1. The summed E-state index contributed by atoms with van der Waals surface area (Å²) in [5, 5.41) is 7.90. The summed E-state index contributed by atoms with van der Waals surface area (Å²) in [6.07, 6.45) is 8.44. The molecule has 0 aromatic carbocycles. The Morgan fingerprint density at radius 1 is 1.25 bits per heavy atom. The number of oxazole rings is 1. The minimum Gasteiger partial charge on any atom is -0.444 e. The molecule has 1 saturated heterocycles. The highest BCUT2D eigenvalue weighted by molar-refractivity contribution is 7.99. The molecule has 2 atom stereocenters. The standard InChI is InChI=1S/C21H37N5OS/c1-5-22-21(25-18-6-7-19(12-18)28-4)23-13-17-8-10-26(11-9-17)14-20-24-15(2)16(3)27-20/h17-19H,5-14H2,1-4H3,(H2,22,23,25). The van der Waals surface area contributed by atoms with Crippen LogP contribution in [0.1, 0.15) is 56.4 Å². The van der Waals surface area contributed by atoms with E-state index in [-0.39, 0.29) is 0 Å². The van der Waals surface area contributed by atoms with Gasteiger partial charge in [-0.15, -0.1) is 0 Å². The van der Waals surface area contributed by atoms with Crippen molar-refractivity contribution in [3.63, 3.8) is 0 Å². The first-order valence-electron chi connectivity index (χ1n) is 10.8. The Morgan fingerprint density at radius 2 is 2.04 bits per heavy atom. The lowest BCUT2D eigenvalue weighted by molar-refractivity contribution is 0.166. The fraction of sp³-hybridized carbons (Fsp3) is 0.810. The van der Waals surface area contributed by atoms with Crippen molar-refractivity contribution in [1.82, 2.24) is 20.5 Å². The Labute approximate surface area is 174 Å². The average molecular weight is 408 g/mol. The minimum absolute atomic E-state index is 0.574. The van der Waals surface area contributed by atoms with Gasteiger partial charge in [-0.2, -0.15) is 11.8 Å². The molecule has 1 aromatic rings. The number of nitrogens with zero attached hydrogens (tertiary/aromatic N) is 3. The summed E-state index contributed by atoms with van der Waals surface area (Å²) >= 11 is 2.00. The Morgan fingerprint density at radius 3 is 2.64 bits per heavy atom. The van der Waals surface area contributed by atoms with Crippen LogP contribution in [0.2, 0.25) is 0 Å². The summed E-state index contributed by atoms with van der Waals surface area (Å²) in [7, 11) is 0. The van der Waals surface area contributed by atoms with Gasteiger partial charge in [-0.25, -0.2) is 4.98 Å². The fourth-order valence-corrected chi connectivity index (χ4v) is 4.94. The smallest absolute Gasteiger partial charge is 0.208 e. The Bertz CT molecular complexity index is 619. The largest absolute Gasteiger partial charge is 0.444 e. The van der Waals surface area contributed by atoms with Gasteiger partial charge in [0.2, 0.25) is 5.89 Å². The van der Waals surface area contributed by atoms with Crippen LogP contribution in [0.4, 0.5) is 0 Å². The first-order chi connectivity index (χ1) is 13.6. The second kappa shape index (κ2) is 10.5. The molecule has 2 unspecified atom stereocenters. The summed E-state index contributed by atoms with van der Waals surface area (Å²) < 4.78 is 5.74. The van der Waals surface area contributed by atoms with E-state index in [4.69, 9.17) is 9.41 Å². The molecule has 1 aromatic heterocycles. The lowest BCUT2D eigenvalue weighted by Crippen LogP contribution is -2.43. The molecule has 7 heteroatoms. The fourth-order valence-electron chi connectivity index (χ4n) is 4.14. The van der Waals surface area contributed by atoms with Gasteiger partial charge in [-0.3, -0.25) is 9.89 Å². The highest BCUT2D eigenvalue weighted by Crippen LogP contribution is 2.28. The average Bonchev–Trinajstić information content (AvgIpc) is 3.27. The van der Waals surface area contributed by atoms with Crippen LogP contribution in [-0.2, 0) is 6.54 Å². The molecule has 0 spiro atoms. The molecule has 2 aliphatic rings. The number of nitrogens with one attached hydrogen (secondary N) is 2. The van der Waals surface area contributed by atoms with Gasteiger partial charge in [0.25, 0.3) is 0 Å². The van der Waals surface area contributed by atoms with Crippen LogP contribution in [0.25, 0.3) is 0 Å². The molecule has 2 N–H and O–H groups in total. The molecule has 0 radical (unpaired) electrons. The number of guanidine groups is 1. The third kappa shape index (κ3) is 6.14. The Hall–Kier alpha value is -1.21. The molecule has 1 saturated carbocycles. The number of hydrogen-bond donors (Lipinski definition) is 2. The van der Waals surface area contributed by atoms with Crippen molar-refractivity contribution < 1.29 is 4.42 Å². The van der Waals surface area contributed by atoms with Gasteiger partial charge in [-0.1, -0.05) is 0 Å². The van der Waals surface area contributed by atoms with E-state index in [1.165, 1.54) is 32.1 Å². The van der Waals surface area contributed by atoms with Gasteiger partial charge in [0.1, 0.15) is 5.76 Å². The molecular weight excluding hydrogens is 370 g/mol. The molecule has 158 valence electrons. The topological polar surface area (TPSA) is 65.7 Å². The number of aromatic nitrogens is 1. The van der Waals surface area contributed by atoms with Crippen molar-refractivity contribution in [1.29, 1.82) is 0 Å². The monoisotopic (exact) mass is 407 g/mol. The lowest BCUT2D eigenvalue weighted by atomic mass is 9.97. The molecule has 6 nitrogen and oxygen atoms in total. The van der Waals surface area contributed by atoms with E-state index < -0.39 is 0 Å². The highest BCUT2D eigenvalue weighted by atomic mass is 32.2. The predicted molar refractivity (Wildman–Crippen MR) is 118 cm³/mol. The maximum Gasteiger partial charge on any atom is 0.208 e. The highest BCUT2D eigenvalue weighted by Gasteiger charge is 2.25. The number of likely N-dealkylation sites (tertiary alicyclic amines) is 1. The van der Waals surface area contributed by atoms with Crippen LogP contribution in [0.5, 0.6) is 0 Å². The zero-order chi connectivity index (χ0) is 19.9. The third-order valence-corrected chi connectivity index (χ3v) is 7.14. The molecule has 28 heavy (non-hydrogen) atoms. The normalized spacial score (nSPS) is 24.6. The number of aliphatic imine (C=N–C) groups is 1. The van der Waals surface area contributed by atoms with Gasteiger partial charge in [0, 0.05) is 24.4 Å². The van der Waals surface area contributed by atoms with Crippen molar-refractivity contribution in [3.8, 4) is 0 Å². The molecule has 2 heterocycles. The zero-order valence-electron chi connectivity index (χ0n) is 18.0. The maximum atomic E-state index is 5.74. The molecule has 1 aliphatic carbocycles. The molecule has 0 bridgehead atoms. The van der Waals surface area contributed by atoms with E-state index >= 15 is 0 Å². The second-order valence-corrected chi connectivity index (χ2v) is 9.34. The van der Waals surface area contributed by atoms with Crippen LogP contribution < -0.4 is 10.6 Å². The van der Waals surface area contributed by atoms with Gasteiger partial charge >= 0.3 is 0 Å². The Kier molecular flexibility index (Phi) is 8.09. The minimum atomic E-state index is 0.574. The number of piperidine rings is 1. The number of thioether (sulfide) groups is 1. The summed E-state index contributed by atoms with van der Waals surface area (Å²) in [5.74, 6) is 3.46. The van der Waals surface area contributed by atoms with E-state index in [0.717, 1.165) is 61.3 Å². The van der Waals surface area contributed by atoms with Gasteiger partial charge in [-0.05, 0) is 78.1 Å². The van der Waals surface area contributed by atoms with E-state index in [0.29, 0.717) is 12.0 Å². The SMILES string of the molecule is CCNC(=NCC1CCN(Cc2nc(C)c(C)o2)CC1)NC1CCC(SC)C1. The van der Waals surface area contributed by atoms with Gasteiger partial charge < -0.3 is 15.1 Å². The van der Waals surface area contributed by atoms with E-state index in [9.17, 15) is 0 Å². The van der Waals surface area contributed by atoms with Gasteiger partial charge in [0.05, 0.1) is 12.2 Å². The van der Waals surface area contributed by atoms with Crippen molar-refractivity contribution in [2.75, 3.05) is 32.4 Å². The number of aryl methyl sites for hydroxylation is 2. The van der Waals surface area contributed by atoms with Crippen LogP contribution in [0.3, 0.4) is 0 Å². The molecule has 3 rings (SSSR count). The third-order valence-electron chi connectivity index (χ3n) is 6.05. The summed E-state index contributed by atoms with van der Waals surface area (Å²) in [6, 6.07) is 0.574. The van der Waals surface area contributed by atoms with Crippen molar-refractivity contribution in [2.45, 2.75) is 70.7 Å². The van der Waals surface area contributed by atoms with Crippen molar-refractivity contribution >= 4 is 17.7 Å². The first kappa shape index (κ1) is 21.5. The summed E-state index contributed by atoms with van der Waals surface area (Å²) in [5.41, 5.74) is 1.01. The quantitative estimate of drug-likeness (QED) is 0.534. The number of hydrogen-bond acceptors (Lipinski definition) is 5. The van der Waals surface area contributed by atoms with Crippen LogP contribution in [0, 0.1) is 19.8 Å². The summed E-state index contributed by atoms with van der Waals surface area (Å²) in [4.78, 5) is 11.9. The van der Waals surface area contributed by atoms with Crippen LogP contribution >= 0.6 is 11.8 Å². The Balaban J connectivity index is 1.43. The second-order valence-electron chi connectivity index (χ2n) is 8.20. The van der Waals surface area contributed by atoms with E-state index in [1.54, 1.807) is 0 Å². The van der Waals surface area contributed by atoms with Gasteiger partial charge in [0.15, 0.2) is 5.96 Å². The van der Waals surface area contributed by atoms with Crippen molar-refractivity contribution in [2.24, 2.45) is 10.9 Å². The predicted octanol–water partition coefficient (Wildman–Crippen LogP) is 3.34. The zero-order valence-corrected chi connectivity index (χ0v) is 18.8.